The van der Waals surface area contributed by atoms with Gasteiger partial charge in [0.25, 0.3) is 11.8 Å². The second-order valence-corrected chi connectivity index (χ2v) is 9.02. The lowest BCUT2D eigenvalue weighted by Gasteiger charge is -2.35. The number of carbonyl (C=O) groups is 4. The molecule has 8 nitrogen and oxygen atoms in total. The molecule has 0 saturated carbocycles. The van der Waals surface area contributed by atoms with Crippen molar-refractivity contribution in [3.8, 4) is 0 Å². The Hall–Kier alpha value is -3.46. The standard InChI is InChI=1S/C24H24ClFN4O4/c1-15-3-5-16(6-4-15)24(2)22(33)30(23(34)27-24)14-20(31)28-9-11-29(12-10-28)21(32)18-8-7-17(26)13-19(18)25/h3-8,13H,9-12,14H2,1-2H3,(H,27,34). The monoisotopic (exact) mass is 486 g/mol. The quantitative estimate of drug-likeness (QED) is 0.672. The Labute approximate surface area is 201 Å². The number of aryl methyl sites for hydroxylation is 1. The van der Waals surface area contributed by atoms with E-state index in [2.05, 4.69) is 5.32 Å². The van der Waals surface area contributed by atoms with E-state index in [1.807, 2.05) is 19.1 Å². The number of rotatable bonds is 4. The van der Waals surface area contributed by atoms with Crippen molar-refractivity contribution in [1.29, 1.82) is 0 Å². The average molecular weight is 487 g/mol. The van der Waals surface area contributed by atoms with Crippen LogP contribution in [0.25, 0.3) is 0 Å². The molecule has 0 radical (unpaired) electrons. The third-order valence-corrected chi connectivity index (χ3v) is 6.59. The van der Waals surface area contributed by atoms with Gasteiger partial charge in [0.15, 0.2) is 0 Å². The van der Waals surface area contributed by atoms with Gasteiger partial charge in [-0.3, -0.25) is 19.3 Å². The van der Waals surface area contributed by atoms with Crippen molar-refractivity contribution in [3.05, 3.63) is 70.0 Å². The van der Waals surface area contributed by atoms with Gasteiger partial charge in [0.2, 0.25) is 5.91 Å². The number of urea groups is 1. The lowest BCUT2D eigenvalue weighted by molar-refractivity contribution is -0.139. The van der Waals surface area contributed by atoms with Gasteiger partial charge in [0.05, 0.1) is 10.6 Å². The van der Waals surface area contributed by atoms with Crippen LogP contribution < -0.4 is 5.32 Å². The zero-order valence-corrected chi connectivity index (χ0v) is 19.6. The molecule has 0 aliphatic carbocycles. The number of hydrogen-bond acceptors (Lipinski definition) is 4. The van der Waals surface area contributed by atoms with Crippen molar-refractivity contribution in [2.75, 3.05) is 32.7 Å². The molecule has 0 aromatic heterocycles. The highest BCUT2D eigenvalue weighted by Gasteiger charge is 2.49. The molecule has 2 heterocycles. The molecule has 10 heteroatoms. The molecule has 2 aromatic rings. The lowest BCUT2D eigenvalue weighted by Crippen LogP contribution is -2.53. The predicted molar refractivity (Wildman–Crippen MR) is 123 cm³/mol. The normalized spacial score (nSPS) is 20.5. The van der Waals surface area contributed by atoms with Crippen LogP contribution in [0.4, 0.5) is 9.18 Å². The first-order valence-corrected chi connectivity index (χ1v) is 11.2. The van der Waals surface area contributed by atoms with E-state index in [1.54, 1.807) is 19.1 Å². The summed E-state index contributed by atoms with van der Waals surface area (Å²) in [5.41, 5.74) is 0.607. The van der Waals surface area contributed by atoms with Gasteiger partial charge in [-0.25, -0.2) is 9.18 Å². The first-order chi connectivity index (χ1) is 16.1. The molecular weight excluding hydrogens is 463 g/mol. The molecule has 0 bridgehead atoms. The molecule has 1 N–H and O–H groups in total. The van der Waals surface area contributed by atoms with Crippen LogP contribution in [0.15, 0.2) is 42.5 Å². The minimum Gasteiger partial charge on any atom is -0.338 e. The Bertz CT molecular complexity index is 1160. The minimum absolute atomic E-state index is 0.0266. The third kappa shape index (κ3) is 4.35. The Balaban J connectivity index is 1.37. The van der Waals surface area contributed by atoms with Crippen LogP contribution in [0.1, 0.15) is 28.4 Å². The van der Waals surface area contributed by atoms with Crippen molar-refractivity contribution in [2.24, 2.45) is 0 Å². The number of nitrogens with zero attached hydrogens (tertiary/aromatic N) is 3. The summed E-state index contributed by atoms with van der Waals surface area (Å²) in [6, 6.07) is 10.2. The fraction of sp³-hybridized carbons (Fsp3) is 0.333. The van der Waals surface area contributed by atoms with Gasteiger partial charge in [-0.1, -0.05) is 41.4 Å². The predicted octanol–water partition coefficient (Wildman–Crippen LogP) is 2.54. The van der Waals surface area contributed by atoms with Gasteiger partial charge < -0.3 is 15.1 Å². The van der Waals surface area contributed by atoms with Crippen LogP contribution in [-0.2, 0) is 15.1 Å². The van der Waals surface area contributed by atoms with E-state index in [4.69, 9.17) is 11.6 Å². The van der Waals surface area contributed by atoms with Crippen molar-refractivity contribution in [3.63, 3.8) is 0 Å². The van der Waals surface area contributed by atoms with E-state index in [-0.39, 0.29) is 55.1 Å². The van der Waals surface area contributed by atoms with Gasteiger partial charge in [-0.2, -0.15) is 0 Å². The molecule has 34 heavy (non-hydrogen) atoms. The second kappa shape index (κ2) is 9.06. The summed E-state index contributed by atoms with van der Waals surface area (Å²) < 4.78 is 13.3. The summed E-state index contributed by atoms with van der Waals surface area (Å²) in [4.78, 5) is 55.2. The van der Waals surface area contributed by atoms with E-state index in [0.717, 1.165) is 16.5 Å². The van der Waals surface area contributed by atoms with E-state index < -0.39 is 23.3 Å². The highest BCUT2D eigenvalue weighted by Crippen LogP contribution is 2.29. The summed E-state index contributed by atoms with van der Waals surface area (Å²) in [6.07, 6.45) is 0. The number of imide groups is 1. The molecule has 2 fully saturated rings. The van der Waals surface area contributed by atoms with Gasteiger partial charge >= 0.3 is 6.03 Å². The van der Waals surface area contributed by atoms with Gasteiger partial charge in [-0.15, -0.1) is 0 Å². The summed E-state index contributed by atoms with van der Waals surface area (Å²) >= 11 is 5.99. The minimum atomic E-state index is -1.25. The highest BCUT2D eigenvalue weighted by atomic mass is 35.5. The van der Waals surface area contributed by atoms with E-state index in [9.17, 15) is 23.6 Å². The van der Waals surface area contributed by atoms with Crippen LogP contribution in [-0.4, -0.2) is 71.2 Å². The maximum atomic E-state index is 13.3. The Kier molecular flexibility index (Phi) is 6.31. The molecule has 4 rings (SSSR count). The van der Waals surface area contributed by atoms with Crippen molar-refractivity contribution < 1.29 is 23.6 Å². The topological polar surface area (TPSA) is 90.0 Å². The summed E-state index contributed by atoms with van der Waals surface area (Å²) in [7, 11) is 0. The summed E-state index contributed by atoms with van der Waals surface area (Å²) in [5, 5.41) is 2.72. The van der Waals surface area contributed by atoms with Crippen LogP contribution >= 0.6 is 11.6 Å². The summed E-state index contributed by atoms with van der Waals surface area (Å²) in [5.74, 6) is -1.76. The van der Waals surface area contributed by atoms with Gasteiger partial charge in [-0.05, 0) is 37.6 Å². The molecule has 2 saturated heterocycles. The number of benzene rings is 2. The maximum Gasteiger partial charge on any atom is 0.325 e. The largest absolute Gasteiger partial charge is 0.338 e. The second-order valence-electron chi connectivity index (χ2n) is 8.61. The van der Waals surface area contributed by atoms with Gasteiger partial charge in [0.1, 0.15) is 17.9 Å². The molecule has 0 spiro atoms. The van der Waals surface area contributed by atoms with Crippen LogP contribution in [0, 0.1) is 12.7 Å². The number of hydrogen-bond donors (Lipinski definition) is 1. The zero-order valence-electron chi connectivity index (χ0n) is 18.8. The number of nitrogens with one attached hydrogen (secondary N) is 1. The third-order valence-electron chi connectivity index (χ3n) is 6.28. The number of carbonyl (C=O) groups excluding carboxylic acids is 4. The van der Waals surface area contributed by atoms with E-state index in [1.165, 1.54) is 21.9 Å². The molecular formula is C24H24ClFN4O4. The lowest BCUT2D eigenvalue weighted by atomic mass is 9.91. The smallest absolute Gasteiger partial charge is 0.325 e. The van der Waals surface area contributed by atoms with Gasteiger partial charge in [0, 0.05) is 26.2 Å². The molecule has 2 aliphatic rings. The molecule has 1 unspecified atom stereocenters. The SMILES string of the molecule is Cc1ccc(C2(C)NC(=O)N(CC(=O)N3CCN(C(=O)c4ccc(F)cc4Cl)CC3)C2=O)cc1. The number of halogens is 2. The van der Waals surface area contributed by atoms with Crippen LogP contribution in [0.5, 0.6) is 0 Å². The molecule has 178 valence electrons. The van der Waals surface area contributed by atoms with Crippen molar-refractivity contribution >= 4 is 35.4 Å². The Morgan fingerprint density at radius 1 is 1.03 bits per heavy atom. The first kappa shape index (κ1) is 23.7. The number of piperazine rings is 1. The maximum absolute atomic E-state index is 13.3. The Morgan fingerprint density at radius 2 is 1.65 bits per heavy atom. The highest BCUT2D eigenvalue weighted by molar-refractivity contribution is 6.33. The average Bonchev–Trinajstić information content (AvgIpc) is 3.03. The van der Waals surface area contributed by atoms with E-state index >= 15 is 0 Å². The van der Waals surface area contributed by atoms with Crippen molar-refractivity contribution in [1.82, 2.24) is 20.0 Å². The fourth-order valence-electron chi connectivity index (χ4n) is 4.15. The number of amides is 5. The molecule has 5 amide bonds. The van der Waals surface area contributed by atoms with E-state index in [0.29, 0.717) is 5.56 Å². The molecule has 2 aromatic carbocycles. The molecule has 1 atom stereocenters. The molecule has 2 aliphatic heterocycles. The first-order valence-electron chi connectivity index (χ1n) is 10.8. The van der Waals surface area contributed by atoms with Crippen molar-refractivity contribution in [2.45, 2.75) is 19.4 Å². The summed E-state index contributed by atoms with van der Waals surface area (Å²) in [6.45, 7) is 4.13. The van der Waals surface area contributed by atoms with Crippen LogP contribution in [0.2, 0.25) is 5.02 Å². The fourth-order valence-corrected chi connectivity index (χ4v) is 4.40. The Morgan fingerprint density at radius 3 is 2.26 bits per heavy atom. The zero-order chi connectivity index (χ0) is 24.6. The van der Waals surface area contributed by atoms with Crippen LogP contribution in [0.3, 0.4) is 0 Å².